The quantitative estimate of drug-likeness (QED) is 0.203. The molecule has 0 radical (unpaired) electrons. The molecule has 4 atom stereocenters. The SMILES string of the molecule is C=CCOc1ccc(C(=O)[C@@H]2[C@H](C(=O)c3ccc(C)cc3)N3C=Cc4ccccc4[C@H]3[C@@]23C(=O)Nc2ccccc23)cc1. The summed E-state index contributed by atoms with van der Waals surface area (Å²) >= 11 is 0. The minimum Gasteiger partial charge on any atom is -0.490 e. The minimum absolute atomic E-state index is 0.202. The smallest absolute Gasteiger partial charge is 0.238 e. The predicted molar refractivity (Wildman–Crippen MR) is 166 cm³/mol. The Bertz CT molecular complexity index is 1810. The highest BCUT2D eigenvalue weighted by Gasteiger charge is 2.70. The molecule has 1 amide bonds. The first-order valence-electron chi connectivity index (χ1n) is 14.4. The molecule has 4 aromatic carbocycles. The maximum atomic E-state index is 14.9. The molecule has 0 aromatic heterocycles. The standard InChI is InChI=1S/C37H30N2O4/c1-3-22-43-27-18-16-25(17-19-27)33(40)31-32(34(41)26-14-12-23(2)13-15-26)39-21-20-24-8-4-5-9-28(24)35(39)37(31)29-10-6-7-11-30(29)38-36(37)42/h3-21,31-32,35H,1,22H2,2H3,(H,38,42)/t31-,32+,35-,37-/m0/s1. The molecule has 1 spiro atoms. The van der Waals surface area contributed by atoms with Gasteiger partial charge >= 0.3 is 0 Å². The van der Waals surface area contributed by atoms with E-state index in [9.17, 15) is 14.4 Å². The summed E-state index contributed by atoms with van der Waals surface area (Å²) < 4.78 is 5.65. The summed E-state index contributed by atoms with van der Waals surface area (Å²) in [6, 6.07) is 28.2. The first-order chi connectivity index (χ1) is 20.9. The Balaban J connectivity index is 1.47. The van der Waals surface area contributed by atoms with Gasteiger partial charge in [-0.2, -0.15) is 0 Å². The lowest BCUT2D eigenvalue weighted by molar-refractivity contribution is -0.122. The van der Waals surface area contributed by atoms with Crippen molar-refractivity contribution in [3.63, 3.8) is 0 Å². The van der Waals surface area contributed by atoms with Crippen molar-refractivity contribution >= 4 is 29.2 Å². The molecule has 3 aliphatic rings. The molecule has 43 heavy (non-hydrogen) atoms. The number of carbonyl (C=O) groups excluding carboxylic acids is 3. The highest BCUT2D eigenvalue weighted by atomic mass is 16.5. The summed E-state index contributed by atoms with van der Waals surface area (Å²) in [7, 11) is 0. The van der Waals surface area contributed by atoms with Crippen LogP contribution in [-0.4, -0.2) is 35.0 Å². The lowest BCUT2D eigenvalue weighted by atomic mass is 9.62. The number of amides is 1. The Morgan fingerprint density at radius 3 is 2.35 bits per heavy atom. The molecule has 6 heteroatoms. The van der Waals surface area contributed by atoms with Gasteiger partial charge in [-0.25, -0.2) is 0 Å². The number of para-hydroxylation sites is 1. The van der Waals surface area contributed by atoms with Crippen molar-refractivity contribution in [2.45, 2.75) is 24.4 Å². The lowest BCUT2D eigenvalue weighted by Crippen LogP contribution is -2.49. The van der Waals surface area contributed by atoms with Crippen LogP contribution in [0.3, 0.4) is 0 Å². The largest absolute Gasteiger partial charge is 0.490 e. The molecule has 6 nitrogen and oxygen atoms in total. The zero-order chi connectivity index (χ0) is 29.7. The third kappa shape index (κ3) is 3.97. The molecule has 3 heterocycles. The van der Waals surface area contributed by atoms with Gasteiger partial charge in [0.2, 0.25) is 5.91 Å². The number of aryl methyl sites for hydroxylation is 1. The van der Waals surface area contributed by atoms with Crippen LogP contribution in [0, 0.1) is 12.8 Å². The van der Waals surface area contributed by atoms with E-state index in [1.165, 1.54) is 0 Å². The Morgan fingerprint density at radius 2 is 1.58 bits per heavy atom. The van der Waals surface area contributed by atoms with Gasteiger partial charge in [0, 0.05) is 23.0 Å². The second kappa shape index (κ2) is 10.2. The number of nitrogens with zero attached hydrogens (tertiary/aromatic N) is 1. The van der Waals surface area contributed by atoms with Gasteiger partial charge in [-0.05, 0) is 60.0 Å². The first kappa shape index (κ1) is 26.7. The van der Waals surface area contributed by atoms with E-state index in [0.29, 0.717) is 29.2 Å². The van der Waals surface area contributed by atoms with E-state index in [2.05, 4.69) is 11.9 Å². The second-order valence-corrected chi connectivity index (χ2v) is 11.3. The second-order valence-electron chi connectivity index (χ2n) is 11.3. The van der Waals surface area contributed by atoms with Gasteiger partial charge in [0.05, 0.1) is 12.0 Å². The van der Waals surface area contributed by atoms with Crippen LogP contribution >= 0.6 is 0 Å². The van der Waals surface area contributed by atoms with E-state index >= 15 is 0 Å². The molecular weight excluding hydrogens is 536 g/mol. The molecule has 0 unspecified atom stereocenters. The van der Waals surface area contributed by atoms with E-state index in [4.69, 9.17) is 4.74 Å². The maximum absolute atomic E-state index is 14.9. The van der Waals surface area contributed by atoms with Gasteiger partial charge < -0.3 is 15.0 Å². The lowest BCUT2D eigenvalue weighted by Gasteiger charge is -2.38. The molecule has 1 saturated heterocycles. The van der Waals surface area contributed by atoms with Crippen LogP contribution < -0.4 is 10.1 Å². The number of rotatable bonds is 7. The van der Waals surface area contributed by atoms with Crippen LogP contribution in [-0.2, 0) is 10.2 Å². The Labute approximate surface area is 250 Å². The number of benzene rings is 4. The van der Waals surface area contributed by atoms with Gasteiger partial charge in [0.1, 0.15) is 23.8 Å². The van der Waals surface area contributed by atoms with Crippen LogP contribution in [0.25, 0.3) is 6.08 Å². The highest BCUT2D eigenvalue weighted by Crippen LogP contribution is 2.62. The number of hydrogen-bond acceptors (Lipinski definition) is 5. The maximum Gasteiger partial charge on any atom is 0.238 e. The van der Waals surface area contributed by atoms with Crippen molar-refractivity contribution in [3.8, 4) is 5.75 Å². The van der Waals surface area contributed by atoms with Crippen LogP contribution in [0.4, 0.5) is 5.69 Å². The average molecular weight is 567 g/mol. The summed E-state index contributed by atoms with van der Waals surface area (Å²) in [6.07, 6.45) is 5.51. The molecule has 1 N–H and O–H groups in total. The first-order valence-corrected chi connectivity index (χ1v) is 14.4. The summed E-state index contributed by atoms with van der Waals surface area (Å²) in [6.45, 7) is 5.99. The number of carbonyl (C=O) groups is 3. The number of ether oxygens (including phenoxy) is 1. The number of fused-ring (bicyclic) bond motifs is 6. The normalized spacial score (nSPS) is 22.9. The fourth-order valence-electron chi connectivity index (χ4n) is 7.11. The molecule has 3 aliphatic heterocycles. The monoisotopic (exact) mass is 566 g/mol. The van der Waals surface area contributed by atoms with E-state index < -0.39 is 23.4 Å². The molecule has 4 aromatic rings. The molecule has 0 bridgehead atoms. The minimum atomic E-state index is -1.36. The Kier molecular flexibility index (Phi) is 6.35. The summed E-state index contributed by atoms with van der Waals surface area (Å²) in [4.78, 5) is 46.0. The van der Waals surface area contributed by atoms with E-state index in [1.54, 1.807) is 42.5 Å². The van der Waals surface area contributed by atoms with E-state index in [1.807, 2.05) is 84.8 Å². The fraction of sp³-hybridized carbons (Fsp3) is 0.162. The van der Waals surface area contributed by atoms with Crippen LogP contribution in [0.5, 0.6) is 5.75 Å². The number of nitrogens with one attached hydrogen (secondary N) is 1. The number of Topliss-reactive ketones (excluding diaryl/α,β-unsaturated/α-hetero) is 2. The van der Waals surface area contributed by atoms with Gasteiger partial charge in [0.15, 0.2) is 11.6 Å². The van der Waals surface area contributed by atoms with Gasteiger partial charge in [-0.1, -0.05) is 84.9 Å². The van der Waals surface area contributed by atoms with Crippen molar-refractivity contribution in [1.82, 2.24) is 4.90 Å². The van der Waals surface area contributed by atoms with E-state index in [0.717, 1.165) is 22.3 Å². The predicted octanol–water partition coefficient (Wildman–Crippen LogP) is 6.54. The fourth-order valence-corrected chi connectivity index (χ4v) is 7.11. The number of ketones is 2. The number of hydrogen-bond donors (Lipinski definition) is 1. The van der Waals surface area contributed by atoms with Gasteiger partial charge in [0.25, 0.3) is 0 Å². The molecule has 212 valence electrons. The zero-order valence-electron chi connectivity index (χ0n) is 23.7. The third-order valence-electron chi connectivity index (χ3n) is 8.96. The molecule has 1 fully saturated rings. The van der Waals surface area contributed by atoms with E-state index in [-0.39, 0.29) is 17.5 Å². The Hall–Kier alpha value is -5.23. The van der Waals surface area contributed by atoms with Gasteiger partial charge in [-0.15, -0.1) is 0 Å². The van der Waals surface area contributed by atoms with Gasteiger partial charge in [-0.3, -0.25) is 14.4 Å². The number of anilines is 1. The van der Waals surface area contributed by atoms with Crippen molar-refractivity contribution in [2.75, 3.05) is 11.9 Å². The zero-order valence-corrected chi connectivity index (χ0v) is 23.7. The van der Waals surface area contributed by atoms with Crippen molar-refractivity contribution in [2.24, 2.45) is 5.92 Å². The summed E-state index contributed by atoms with van der Waals surface area (Å²) in [5, 5.41) is 3.09. The van der Waals surface area contributed by atoms with Crippen molar-refractivity contribution in [1.29, 1.82) is 0 Å². The third-order valence-corrected chi connectivity index (χ3v) is 8.96. The summed E-state index contributed by atoms with van der Waals surface area (Å²) in [5.74, 6) is -1.17. The summed E-state index contributed by atoms with van der Waals surface area (Å²) in [5.41, 5.74) is 3.82. The van der Waals surface area contributed by atoms with Crippen molar-refractivity contribution in [3.05, 3.63) is 149 Å². The average Bonchev–Trinajstić information content (AvgIpc) is 3.52. The molecule has 7 rings (SSSR count). The molecule has 0 aliphatic carbocycles. The van der Waals surface area contributed by atoms with Crippen LogP contribution in [0.15, 0.2) is 116 Å². The molecule has 0 saturated carbocycles. The van der Waals surface area contributed by atoms with Crippen molar-refractivity contribution < 1.29 is 19.1 Å². The topological polar surface area (TPSA) is 75.7 Å². The van der Waals surface area contributed by atoms with Crippen LogP contribution in [0.1, 0.15) is 49.0 Å². The van der Waals surface area contributed by atoms with Crippen LogP contribution in [0.2, 0.25) is 0 Å². The highest BCUT2D eigenvalue weighted by molar-refractivity contribution is 6.16. The Morgan fingerprint density at radius 1 is 0.907 bits per heavy atom. The molecular formula is C37H30N2O4.